The quantitative estimate of drug-likeness (QED) is 0.243. The Morgan fingerprint density at radius 2 is 1.94 bits per heavy atom. The van der Waals surface area contributed by atoms with Crippen molar-refractivity contribution in [3.63, 3.8) is 0 Å². The van der Waals surface area contributed by atoms with Gasteiger partial charge in [-0.25, -0.2) is 0 Å². The molecule has 7 N–H and O–H groups in total. The molecule has 0 spiro atoms. The third-order valence-corrected chi connectivity index (χ3v) is 2.09. The molecule has 0 aliphatic rings. The summed E-state index contributed by atoms with van der Waals surface area (Å²) in [6.45, 7) is 0.152. The Morgan fingerprint density at radius 1 is 1.31 bits per heavy atom. The summed E-state index contributed by atoms with van der Waals surface area (Å²) >= 11 is 0. The molecule has 0 radical (unpaired) electrons. The van der Waals surface area contributed by atoms with Crippen LogP contribution in [0.15, 0.2) is 0 Å². The van der Waals surface area contributed by atoms with E-state index in [1.54, 1.807) is 0 Å². The zero-order chi connectivity index (χ0) is 12.6. The Balaban J connectivity index is 3.47. The highest BCUT2D eigenvalue weighted by atomic mass is 16.4. The standard InChI is InChI=1S/C9H20N2O5/c10-8(9(15)16)4-11-2-1-6(13)3-7(14)5-12/h6-8,11-14H,1-5,10H2,(H,15,16). The van der Waals surface area contributed by atoms with Gasteiger partial charge >= 0.3 is 5.97 Å². The number of aliphatic hydroxyl groups excluding tert-OH is 3. The third-order valence-electron chi connectivity index (χ3n) is 2.09. The van der Waals surface area contributed by atoms with Crippen molar-refractivity contribution >= 4 is 5.97 Å². The summed E-state index contributed by atoms with van der Waals surface area (Å²) in [5.41, 5.74) is 5.24. The summed E-state index contributed by atoms with van der Waals surface area (Å²) in [7, 11) is 0. The molecule has 0 aromatic carbocycles. The van der Waals surface area contributed by atoms with Gasteiger partial charge in [0.15, 0.2) is 0 Å². The highest BCUT2D eigenvalue weighted by Gasteiger charge is 2.12. The monoisotopic (exact) mass is 236 g/mol. The highest BCUT2D eigenvalue weighted by Crippen LogP contribution is 2.01. The predicted octanol–water partition coefficient (Wildman–Crippen LogP) is -2.52. The maximum Gasteiger partial charge on any atom is 0.321 e. The molecule has 0 rings (SSSR count). The molecule has 0 bridgehead atoms. The van der Waals surface area contributed by atoms with Crippen LogP contribution in [0.4, 0.5) is 0 Å². The number of carbonyl (C=O) groups is 1. The fraction of sp³-hybridized carbons (Fsp3) is 0.889. The van der Waals surface area contributed by atoms with E-state index in [9.17, 15) is 9.90 Å². The number of rotatable bonds is 9. The second kappa shape index (κ2) is 8.43. The minimum atomic E-state index is -1.08. The minimum absolute atomic E-state index is 0.100. The molecule has 0 aromatic heterocycles. The van der Waals surface area contributed by atoms with E-state index in [1.807, 2.05) is 0 Å². The molecule has 96 valence electrons. The van der Waals surface area contributed by atoms with Gasteiger partial charge in [-0.2, -0.15) is 0 Å². The molecule has 0 aromatic rings. The first kappa shape index (κ1) is 15.3. The Bertz CT molecular complexity index is 202. The van der Waals surface area contributed by atoms with Crippen molar-refractivity contribution in [2.24, 2.45) is 5.73 Å². The first-order chi connectivity index (χ1) is 7.47. The van der Waals surface area contributed by atoms with Crippen LogP contribution in [-0.4, -0.2) is 64.3 Å². The summed E-state index contributed by atoms with van der Waals surface area (Å²) in [4.78, 5) is 10.3. The lowest BCUT2D eigenvalue weighted by molar-refractivity contribution is -0.138. The van der Waals surface area contributed by atoms with E-state index in [0.29, 0.717) is 13.0 Å². The van der Waals surface area contributed by atoms with Gasteiger partial charge in [-0.15, -0.1) is 0 Å². The highest BCUT2D eigenvalue weighted by molar-refractivity contribution is 5.73. The summed E-state index contributed by atoms with van der Waals surface area (Å²) in [5.74, 6) is -1.08. The second-order valence-electron chi connectivity index (χ2n) is 3.66. The first-order valence-electron chi connectivity index (χ1n) is 5.13. The van der Waals surface area contributed by atoms with Crippen molar-refractivity contribution in [3.8, 4) is 0 Å². The van der Waals surface area contributed by atoms with E-state index >= 15 is 0 Å². The van der Waals surface area contributed by atoms with Crippen molar-refractivity contribution in [2.45, 2.75) is 31.1 Å². The largest absolute Gasteiger partial charge is 0.480 e. The van der Waals surface area contributed by atoms with E-state index in [2.05, 4.69) is 5.32 Å². The molecule has 0 fully saturated rings. The molecule has 0 heterocycles. The van der Waals surface area contributed by atoms with Crippen LogP contribution in [0.5, 0.6) is 0 Å². The molecule has 0 saturated carbocycles. The molecule has 0 amide bonds. The van der Waals surface area contributed by atoms with Crippen LogP contribution >= 0.6 is 0 Å². The Morgan fingerprint density at radius 3 is 2.44 bits per heavy atom. The van der Waals surface area contributed by atoms with E-state index < -0.39 is 24.2 Å². The smallest absolute Gasteiger partial charge is 0.321 e. The fourth-order valence-corrected chi connectivity index (χ4v) is 1.12. The topological polar surface area (TPSA) is 136 Å². The van der Waals surface area contributed by atoms with Crippen molar-refractivity contribution in [1.82, 2.24) is 5.32 Å². The second-order valence-corrected chi connectivity index (χ2v) is 3.66. The molecular weight excluding hydrogens is 216 g/mol. The van der Waals surface area contributed by atoms with Crippen LogP contribution < -0.4 is 11.1 Å². The minimum Gasteiger partial charge on any atom is -0.480 e. The van der Waals surface area contributed by atoms with E-state index in [1.165, 1.54) is 0 Å². The van der Waals surface area contributed by atoms with E-state index in [0.717, 1.165) is 0 Å². The van der Waals surface area contributed by atoms with Crippen LogP contribution in [-0.2, 0) is 4.79 Å². The maximum atomic E-state index is 10.3. The average Bonchev–Trinajstić information content (AvgIpc) is 2.23. The van der Waals surface area contributed by atoms with Crippen LogP contribution in [0.3, 0.4) is 0 Å². The summed E-state index contributed by atoms with van der Waals surface area (Å²) in [6.07, 6.45) is -1.18. The van der Waals surface area contributed by atoms with Gasteiger partial charge in [0.25, 0.3) is 0 Å². The number of hydrogen-bond donors (Lipinski definition) is 6. The fourth-order valence-electron chi connectivity index (χ4n) is 1.12. The van der Waals surface area contributed by atoms with Gasteiger partial charge in [0.05, 0.1) is 18.8 Å². The maximum absolute atomic E-state index is 10.3. The number of aliphatic carboxylic acids is 1. The number of carboxylic acid groups (broad SMARTS) is 1. The lowest BCUT2D eigenvalue weighted by Crippen LogP contribution is -2.41. The van der Waals surface area contributed by atoms with Gasteiger partial charge in [0.2, 0.25) is 0 Å². The van der Waals surface area contributed by atoms with Gasteiger partial charge in [-0.1, -0.05) is 0 Å². The Labute approximate surface area is 93.9 Å². The normalized spacial score (nSPS) is 16.8. The number of nitrogens with one attached hydrogen (secondary N) is 1. The molecule has 0 saturated heterocycles. The van der Waals surface area contributed by atoms with Crippen molar-refractivity contribution < 1.29 is 25.2 Å². The number of nitrogens with two attached hydrogens (primary N) is 1. The predicted molar refractivity (Wildman–Crippen MR) is 56.8 cm³/mol. The Hall–Kier alpha value is -0.730. The molecule has 3 atom stereocenters. The molecular formula is C9H20N2O5. The Kier molecular flexibility index (Phi) is 8.04. The molecule has 16 heavy (non-hydrogen) atoms. The molecule has 7 nitrogen and oxygen atoms in total. The molecule has 0 aliphatic carbocycles. The van der Waals surface area contributed by atoms with Crippen LogP contribution in [0.1, 0.15) is 12.8 Å². The van der Waals surface area contributed by atoms with Gasteiger partial charge in [-0.3, -0.25) is 4.79 Å². The number of aliphatic hydroxyl groups is 3. The SMILES string of the molecule is NC(CNCCC(O)CC(O)CO)C(=O)O. The number of hydrogen-bond acceptors (Lipinski definition) is 6. The van der Waals surface area contributed by atoms with Gasteiger partial charge < -0.3 is 31.5 Å². The van der Waals surface area contributed by atoms with Gasteiger partial charge in [0.1, 0.15) is 6.04 Å². The lowest BCUT2D eigenvalue weighted by Gasteiger charge is -2.14. The first-order valence-corrected chi connectivity index (χ1v) is 5.13. The van der Waals surface area contributed by atoms with Crippen LogP contribution in [0.25, 0.3) is 0 Å². The average molecular weight is 236 g/mol. The summed E-state index contributed by atoms with van der Waals surface area (Å²) < 4.78 is 0. The van der Waals surface area contributed by atoms with Gasteiger partial charge in [0, 0.05) is 13.0 Å². The third kappa shape index (κ3) is 7.55. The van der Waals surface area contributed by atoms with E-state index in [4.69, 9.17) is 21.1 Å². The van der Waals surface area contributed by atoms with Crippen LogP contribution in [0.2, 0.25) is 0 Å². The zero-order valence-corrected chi connectivity index (χ0v) is 9.04. The van der Waals surface area contributed by atoms with E-state index in [-0.39, 0.29) is 19.6 Å². The van der Waals surface area contributed by atoms with Crippen molar-refractivity contribution in [3.05, 3.63) is 0 Å². The van der Waals surface area contributed by atoms with Crippen molar-refractivity contribution in [2.75, 3.05) is 19.7 Å². The molecule has 0 aliphatic heterocycles. The summed E-state index contributed by atoms with van der Waals surface area (Å²) in [6, 6.07) is -0.958. The lowest BCUT2D eigenvalue weighted by atomic mass is 10.1. The number of carboxylic acids is 1. The summed E-state index contributed by atoms with van der Waals surface area (Å²) in [5, 5.41) is 38.2. The van der Waals surface area contributed by atoms with Crippen LogP contribution in [0, 0.1) is 0 Å². The van der Waals surface area contributed by atoms with Crippen molar-refractivity contribution in [1.29, 1.82) is 0 Å². The molecule has 7 heteroatoms. The van der Waals surface area contributed by atoms with Gasteiger partial charge in [-0.05, 0) is 13.0 Å². The molecule has 3 unspecified atom stereocenters. The zero-order valence-electron chi connectivity index (χ0n) is 9.04.